The zero-order chi connectivity index (χ0) is 64.2. The van der Waals surface area contributed by atoms with Gasteiger partial charge in [-0.3, -0.25) is 43.2 Å². The molecule has 20 N–H and O–H groups in total. The summed E-state index contributed by atoms with van der Waals surface area (Å²) < 4.78 is -0.442. The third-order valence-corrected chi connectivity index (χ3v) is 21.7. The number of hydrogen-bond donors (Lipinski definition) is 20. The highest BCUT2D eigenvalue weighted by Gasteiger charge is 2.51. The second kappa shape index (κ2) is 35.1. The van der Waals surface area contributed by atoms with E-state index in [2.05, 4.69) is 42.5 Å². The van der Waals surface area contributed by atoms with E-state index < -0.39 is 180 Å². The lowest BCUT2D eigenvalue weighted by molar-refractivity contribution is -0.149. The topological polar surface area (TPSA) is 496 Å². The lowest BCUT2D eigenvalue weighted by atomic mass is 9.86. The van der Waals surface area contributed by atoms with Crippen LogP contribution in [-0.2, 0) is 14.4 Å². The fraction of sp³-hybridized carbons (Fsp3) is 0.413. The predicted molar refractivity (Wildman–Crippen MR) is 374 cm³/mol. The van der Waals surface area contributed by atoms with Gasteiger partial charge in [-0.25, -0.2) is 0 Å². The SMILES string of the molecule is O=C(CO)Nc1c(I)c(C(=O)NCC(O)CO)c(I)c(C(=O)NC[C@@H]2C(O)C(O)[C@@H](O)[C@H](CNC(=O)c3c(I)c(NC(=O)CO)c(I)c(C(=O)NCC(O)CO)c3I)N2C(=O)c2c(I)c(NC(=O)CO)c(I)c(C(=O)NCC(O)CO)c2I)c1I. The zero-order valence-electron chi connectivity index (χ0n) is 42.8. The first-order chi connectivity index (χ1) is 39.9. The van der Waals surface area contributed by atoms with E-state index in [9.17, 15) is 99.6 Å². The van der Waals surface area contributed by atoms with Gasteiger partial charge >= 0.3 is 0 Å². The van der Waals surface area contributed by atoms with Gasteiger partial charge in [-0.2, -0.15) is 0 Å². The Balaban J connectivity index is 2.04. The molecular formula is C46H50I9N9O21. The van der Waals surface area contributed by atoms with Crippen molar-refractivity contribution in [2.75, 3.05) is 88.3 Å². The highest BCUT2D eigenvalue weighted by molar-refractivity contribution is 14.1. The number of benzene rings is 3. The van der Waals surface area contributed by atoms with Crippen LogP contribution >= 0.6 is 203 Å². The molecule has 0 spiro atoms. The van der Waals surface area contributed by atoms with Crippen molar-refractivity contribution in [2.24, 2.45) is 0 Å². The number of carbonyl (C=O) groups excluding carboxylic acids is 9. The van der Waals surface area contributed by atoms with Crippen LogP contribution in [-0.4, -0.2) is 240 Å². The summed E-state index contributed by atoms with van der Waals surface area (Å²) in [6, 6.07) is -3.79. The van der Waals surface area contributed by atoms with E-state index in [0.29, 0.717) is 0 Å². The molecule has 30 nitrogen and oxygen atoms in total. The molecule has 8 atom stereocenters. The minimum absolute atomic E-state index is 0.0223. The van der Waals surface area contributed by atoms with E-state index in [1.54, 1.807) is 203 Å². The Morgan fingerprint density at radius 1 is 0.365 bits per heavy atom. The van der Waals surface area contributed by atoms with Crippen LogP contribution in [0.3, 0.4) is 0 Å². The predicted octanol–water partition coefficient (Wildman–Crippen LogP) is -2.69. The van der Waals surface area contributed by atoms with Crippen LogP contribution in [0.5, 0.6) is 0 Å². The monoisotopic (exact) mass is 2210 g/mol. The number of amides is 9. The number of piperidine rings is 1. The lowest BCUT2D eigenvalue weighted by Gasteiger charge is -2.49. The molecular weight excluding hydrogens is 2160 g/mol. The Morgan fingerprint density at radius 2 is 0.600 bits per heavy atom. The minimum Gasteiger partial charge on any atom is -0.394 e. The molecule has 4 rings (SSSR count). The van der Waals surface area contributed by atoms with Crippen LogP contribution in [0.1, 0.15) is 62.1 Å². The van der Waals surface area contributed by atoms with Crippen LogP contribution in [0.4, 0.5) is 17.1 Å². The van der Waals surface area contributed by atoms with Gasteiger partial charge in [-0.15, -0.1) is 0 Å². The molecule has 1 fully saturated rings. The van der Waals surface area contributed by atoms with Crippen molar-refractivity contribution in [1.29, 1.82) is 0 Å². The number of anilines is 3. The summed E-state index contributed by atoms with van der Waals surface area (Å²) in [4.78, 5) is 126. The molecule has 0 radical (unpaired) electrons. The summed E-state index contributed by atoms with van der Waals surface area (Å²) in [6.45, 7) is -8.69. The lowest BCUT2D eigenvalue weighted by Crippen LogP contribution is -2.71. The number of halogens is 9. The van der Waals surface area contributed by atoms with Gasteiger partial charge in [-0.1, -0.05) is 0 Å². The molecule has 0 bridgehead atoms. The average molecular weight is 2210 g/mol. The quantitative estimate of drug-likeness (QED) is 0.0384. The van der Waals surface area contributed by atoms with E-state index in [0.717, 1.165) is 4.90 Å². The molecule has 0 saturated carbocycles. The fourth-order valence-electron chi connectivity index (χ4n) is 7.81. The van der Waals surface area contributed by atoms with Crippen LogP contribution in [0.2, 0.25) is 0 Å². The number of nitrogens with one attached hydrogen (secondary N) is 8. The van der Waals surface area contributed by atoms with E-state index >= 15 is 4.79 Å². The first kappa shape index (κ1) is 76.4. The largest absolute Gasteiger partial charge is 0.394 e. The van der Waals surface area contributed by atoms with Gasteiger partial charge in [0.05, 0.1) is 122 Å². The van der Waals surface area contributed by atoms with Crippen molar-refractivity contribution in [1.82, 2.24) is 31.5 Å². The summed E-state index contributed by atoms with van der Waals surface area (Å²) >= 11 is 15.0. The summed E-state index contributed by atoms with van der Waals surface area (Å²) in [7, 11) is 0. The number of likely N-dealkylation sites (tertiary alicyclic amines) is 1. The van der Waals surface area contributed by atoms with Gasteiger partial charge in [0, 0.05) is 43.4 Å². The Bertz CT molecular complexity index is 2980. The van der Waals surface area contributed by atoms with Crippen molar-refractivity contribution in [2.45, 2.75) is 48.7 Å². The van der Waals surface area contributed by atoms with Gasteiger partial charge in [0.15, 0.2) is 0 Å². The van der Waals surface area contributed by atoms with Crippen molar-refractivity contribution in [3.63, 3.8) is 0 Å². The van der Waals surface area contributed by atoms with Gasteiger partial charge in [0.1, 0.15) is 38.1 Å². The molecule has 1 aliphatic heterocycles. The van der Waals surface area contributed by atoms with Crippen LogP contribution in [0.15, 0.2) is 0 Å². The van der Waals surface area contributed by atoms with Gasteiger partial charge in [0.2, 0.25) is 17.7 Å². The van der Waals surface area contributed by atoms with Gasteiger partial charge in [-0.05, 0) is 203 Å². The van der Waals surface area contributed by atoms with Crippen molar-refractivity contribution in [3.8, 4) is 0 Å². The number of aliphatic hydroxyl groups excluding tert-OH is 12. The van der Waals surface area contributed by atoms with E-state index in [4.69, 9.17) is 0 Å². The van der Waals surface area contributed by atoms with Crippen molar-refractivity contribution in [3.05, 3.63) is 65.5 Å². The third kappa shape index (κ3) is 18.4. The smallest absolute Gasteiger partial charge is 0.256 e. The van der Waals surface area contributed by atoms with E-state index in [1.807, 2.05) is 0 Å². The molecule has 39 heteroatoms. The third-order valence-electron chi connectivity index (χ3n) is 12.0. The second-order valence-corrected chi connectivity index (χ2v) is 27.4. The van der Waals surface area contributed by atoms with Crippen molar-refractivity contribution < 1.29 is 104 Å². The maximum absolute atomic E-state index is 15.9. The molecule has 0 aromatic heterocycles. The number of rotatable bonds is 25. The Morgan fingerprint density at radius 3 is 0.847 bits per heavy atom. The summed E-state index contributed by atoms with van der Waals surface area (Å²) in [5, 5.41) is 143. The molecule has 85 heavy (non-hydrogen) atoms. The summed E-state index contributed by atoms with van der Waals surface area (Å²) in [5.74, 6) is -9.14. The zero-order valence-corrected chi connectivity index (χ0v) is 62.2. The Kier molecular flexibility index (Phi) is 31.6. The molecule has 3 aromatic carbocycles. The number of aliphatic hydroxyl groups is 12. The Labute approximate surface area is 603 Å². The first-order valence-corrected chi connectivity index (χ1v) is 33.6. The normalized spacial score (nSPS) is 17.7. The molecule has 468 valence electrons. The molecule has 3 aromatic rings. The number of hydrogen-bond acceptors (Lipinski definition) is 21. The molecule has 1 saturated heterocycles. The van der Waals surface area contributed by atoms with Gasteiger partial charge < -0.3 is 109 Å². The highest BCUT2D eigenvalue weighted by Crippen LogP contribution is 2.40. The molecule has 5 unspecified atom stereocenters. The number of carbonyl (C=O) groups is 9. The second-order valence-electron chi connectivity index (χ2n) is 17.7. The van der Waals surface area contributed by atoms with E-state index in [1.165, 1.54) is 0 Å². The first-order valence-electron chi connectivity index (χ1n) is 23.9. The minimum atomic E-state index is -2.23. The number of nitrogens with zero attached hydrogens (tertiary/aromatic N) is 1. The maximum atomic E-state index is 15.9. The van der Waals surface area contributed by atoms with E-state index in [-0.39, 0.29) is 77.0 Å². The summed E-state index contributed by atoms with van der Waals surface area (Å²) in [6.07, 6.45) is -11.0. The van der Waals surface area contributed by atoms with Crippen LogP contribution in [0, 0.1) is 32.1 Å². The molecule has 1 heterocycles. The van der Waals surface area contributed by atoms with Crippen molar-refractivity contribution >= 4 is 274 Å². The van der Waals surface area contributed by atoms with Crippen LogP contribution < -0.4 is 42.5 Å². The van der Waals surface area contributed by atoms with Crippen LogP contribution in [0.25, 0.3) is 0 Å². The molecule has 9 amide bonds. The standard InChI is InChI=1S/C46H50I9N9O21/c47-26-20(41(80)56-1-12(71)6-65)29(50)35(61-17(74)9-68)31(52)22(26)44(83)59-4-15-38(77)40(79)39(78)16(5-60-45(84)23-27(48)21(42(81)57-2-13(72)7-66)30(51)36(32(23)53)62-18(75)10-69)64(15)46(85)25-28(49)24(43(82)58-3-14(73)8-67)33(54)37(34(25)55)63-19(76)11-70/h12-16,38-40,65-73,77-79H,1-11H2,(H,56,80)(H,57,81)(H,58,82)(H,59,83)(H,60,84)(H,61,74)(H,62,75)(H,63,76)/t12?,13?,14?,15-,16+,38-,39?,40?/m0/s1. The average Bonchev–Trinajstić information content (AvgIpc) is 1.95. The molecule has 0 aliphatic carbocycles. The molecule has 1 aliphatic rings. The Hall–Kier alpha value is -1.02. The highest BCUT2D eigenvalue weighted by atomic mass is 127. The maximum Gasteiger partial charge on any atom is 0.256 e. The van der Waals surface area contributed by atoms with Gasteiger partial charge in [0.25, 0.3) is 35.4 Å². The summed E-state index contributed by atoms with van der Waals surface area (Å²) in [5.41, 5.74) is -2.43. The fourth-order valence-corrected chi connectivity index (χ4v) is 21.0.